The third kappa shape index (κ3) is 7.31. The molecule has 0 heterocycles. The Hall–Kier alpha value is -1.32. The van der Waals surface area contributed by atoms with Crippen molar-refractivity contribution < 1.29 is 9.47 Å². The summed E-state index contributed by atoms with van der Waals surface area (Å²) in [6.45, 7) is 10.1. The minimum Gasteiger partial charge on any atom is -0.492 e. The normalized spacial score (nSPS) is 10.4. The Morgan fingerprint density at radius 1 is 1.15 bits per heavy atom. The number of nitrogens with one attached hydrogen (secondary N) is 1. The van der Waals surface area contributed by atoms with Gasteiger partial charge in [-0.05, 0) is 44.4 Å². The Morgan fingerprint density at radius 2 is 2.00 bits per heavy atom. The summed E-state index contributed by atoms with van der Waals surface area (Å²) in [4.78, 5) is 0. The van der Waals surface area contributed by atoms with Crippen molar-refractivity contribution in [2.45, 2.75) is 26.2 Å². The molecule has 3 nitrogen and oxygen atoms in total. The monoisotopic (exact) mass is 277 g/mol. The molecule has 0 atom stereocenters. The first-order valence-corrected chi connectivity index (χ1v) is 7.48. The lowest BCUT2D eigenvalue weighted by atomic mass is 10.1. The highest BCUT2D eigenvalue weighted by atomic mass is 16.5. The van der Waals surface area contributed by atoms with Gasteiger partial charge in [-0.15, -0.1) is 6.58 Å². The van der Waals surface area contributed by atoms with Crippen molar-refractivity contribution in [3.05, 3.63) is 42.5 Å². The second-order valence-electron chi connectivity index (χ2n) is 4.60. The number of benzene rings is 1. The van der Waals surface area contributed by atoms with Crippen LogP contribution in [0.15, 0.2) is 36.9 Å². The van der Waals surface area contributed by atoms with Crippen molar-refractivity contribution in [1.82, 2.24) is 5.32 Å². The van der Waals surface area contributed by atoms with Crippen LogP contribution in [-0.4, -0.2) is 32.9 Å². The van der Waals surface area contributed by atoms with Crippen molar-refractivity contribution in [3.63, 3.8) is 0 Å². The first-order chi connectivity index (χ1) is 9.88. The average Bonchev–Trinajstić information content (AvgIpc) is 2.47. The Bertz CT molecular complexity index is 366. The molecule has 0 aliphatic carbocycles. The lowest BCUT2D eigenvalue weighted by Crippen LogP contribution is -2.22. The van der Waals surface area contributed by atoms with E-state index >= 15 is 0 Å². The third-order valence-electron chi connectivity index (χ3n) is 2.97. The number of ether oxygens (including phenoxy) is 2. The maximum Gasteiger partial charge on any atom is 0.122 e. The molecule has 0 aliphatic heterocycles. The van der Waals surface area contributed by atoms with Crippen LogP contribution in [0.4, 0.5) is 0 Å². The van der Waals surface area contributed by atoms with Gasteiger partial charge >= 0.3 is 0 Å². The Balaban J connectivity index is 2.08. The van der Waals surface area contributed by atoms with Crippen LogP contribution in [0.5, 0.6) is 5.75 Å². The molecule has 0 bridgehead atoms. The van der Waals surface area contributed by atoms with E-state index in [1.807, 2.05) is 31.2 Å². The predicted molar refractivity (Wildman–Crippen MR) is 84.4 cm³/mol. The molecule has 0 radical (unpaired) electrons. The molecule has 1 aromatic rings. The number of rotatable bonds is 12. The van der Waals surface area contributed by atoms with Crippen molar-refractivity contribution >= 4 is 0 Å². The van der Waals surface area contributed by atoms with Gasteiger partial charge in [0.1, 0.15) is 12.4 Å². The van der Waals surface area contributed by atoms with Crippen LogP contribution in [0.25, 0.3) is 0 Å². The van der Waals surface area contributed by atoms with Gasteiger partial charge in [0.05, 0.1) is 0 Å². The second-order valence-corrected chi connectivity index (χ2v) is 4.60. The summed E-state index contributed by atoms with van der Waals surface area (Å²) in [5, 5.41) is 3.38. The molecule has 1 N–H and O–H groups in total. The van der Waals surface area contributed by atoms with Gasteiger partial charge in [-0.3, -0.25) is 0 Å². The van der Waals surface area contributed by atoms with E-state index in [-0.39, 0.29) is 0 Å². The molecule has 3 heteroatoms. The van der Waals surface area contributed by atoms with E-state index in [4.69, 9.17) is 9.47 Å². The molecule has 0 aliphatic rings. The highest BCUT2D eigenvalue weighted by Crippen LogP contribution is 2.18. The molecule has 0 saturated heterocycles. The Labute approximate surface area is 123 Å². The summed E-state index contributed by atoms with van der Waals surface area (Å²) >= 11 is 0. The molecule has 0 unspecified atom stereocenters. The molecule has 0 aromatic heterocycles. The summed E-state index contributed by atoms with van der Waals surface area (Å²) in [5.41, 5.74) is 1.19. The maximum absolute atomic E-state index is 5.80. The van der Waals surface area contributed by atoms with E-state index in [0.29, 0.717) is 6.61 Å². The van der Waals surface area contributed by atoms with Gasteiger partial charge in [0.2, 0.25) is 0 Å². The number of hydrogen-bond acceptors (Lipinski definition) is 3. The van der Waals surface area contributed by atoms with Crippen molar-refractivity contribution in [2.75, 3.05) is 32.9 Å². The van der Waals surface area contributed by atoms with E-state index in [9.17, 15) is 0 Å². The van der Waals surface area contributed by atoms with Gasteiger partial charge in [-0.1, -0.05) is 24.3 Å². The number of para-hydroxylation sites is 1. The standard InChI is InChI=1S/C17H27NO2/c1-3-9-16-10-5-6-11-17(16)20-15-13-18-12-7-8-14-19-4-2/h3,5-6,10-11,18H,1,4,7-9,12-15H2,2H3. The fourth-order valence-electron chi connectivity index (χ4n) is 1.93. The highest BCUT2D eigenvalue weighted by molar-refractivity contribution is 5.34. The molecule has 0 amide bonds. The zero-order chi connectivity index (χ0) is 14.5. The van der Waals surface area contributed by atoms with Crippen LogP contribution >= 0.6 is 0 Å². The average molecular weight is 277 g/mol. The lowest BCUT2D eigenvalue weighted by molar-refractivity contribution is 0.143. The van der Waals surface area contributed by atoms with Crippen molar-refractivity contribution in [3.8, 4) is 5.75 Å². The zero-order valence-corrected chi connectivity index (χ0v) is 12.6. The highest BCUT2D eigenvalue weighted by Gasteiger charge is 2.00. The van der Waals surface area contributed by atoms with E-state index in [1.54, 1.807) is 0 Å². The predicted octanol–water partition coefficient (Wildman–Crippen LogP) is 3.20. The van der Waals surface area contributed by atoms with E-state index in [0.717, 1.165) is 51.3 Å². The molecule has 20 heavy (non-hydrogen) atoms. The molecule has 1 aromatic carbocycles. The summed E-state index contributed by atoms with van der Waals surface area (Å²) in [6.07, 6.45) is 5.01. The fourth-order valence-corrected chi connectivity index (χ4v) is 1.93. The SMILES string of the molecule is C=CCc1ccccc1OCCNCCCCOCC. The summed E-state index contributed by atoms with van der Waals surface area (Å²) < 4.78 is 11.1. The molecule has 112 valence electrons. The third-order valence-corrected chi connectivity index (χ3v) is 2.97. The van der Waals surface area contributed by atoms with E-state index < -0.39 is 0 Å². The van der Waals surface area contributed by atoms with Crippen molar-refractivity contribution in [2.24, 2.45) is 0 Å². The van der Waals surface area contributed by atoms with Gasteiger partial charge in [-0.2, -0.15) is 0 Å². The molecular formula is C17H27NO2. The number of unbranched alkanes of at least 4 members (excludes halogenated alkanes) is 1. The second kappa shape index (κ2) is 11.5. The summed E-state index contributed by atoms with van der Waals surface area (Å²) in [6, 6.07) is 8.13. The summed E-state index contributed by atoms with van der Waals surface area (Å²) in [5.74, 6) is 0.963. The molecule has 0 spiro atoms. The molecular weight excluding hydrogens is 250 g/mol. The van der Waals surface area contributed by atoms with Crippen LogP contribution < -0.4 is 10.1 Å². The van der Waals surface area contributed by atoms with E-state index in [1.165, 1.54) is 5.56 Å². The Kier molecular flexibility index (Phi) is 9.62. The largest absolute Gasteiger partial charge is 0.492 e. The quantitative estimate of drug-likeness (QED) is 0.470. The van der Waals surface area contributed by atoms with Crippen LogP contribution in [0.2, 0.25) is 0 Å². The molecule has 0 saturated carbocycles. The van der Waals surface area contributed by atoms with E-state index in [2.05, 4.69) is 18.0 Å². The Morgan fingerprint density at radius 3 is 2.80 bits per heavy atom. The molecule has 0 fully saturated rings. The van der Waals surface area contributed by atoms with Gasteiger partial charge in [-0.25, -0.2) is 0 Å². The minimum atomic E-state index is 0.694. The zero-order valence-electron chi connectivity index (χ0n) is 12.6. The first kappa shape index (κ1) is 16.7. The summed E-state index contributed by atoms with van der Waals surface area (Å²) in [7, 11) is 0. The maximum atomic E-state index is 5.80. The topological polar surface area (TPSA) is 30.5 Å². The minimum absolute atomic E-state index is 0.694. The van der Waals surface area contributed by atoms with Gasteiger partial charge < -0.3 is 14.8 Å². The fraction of sp³-hybridized carbons (Fsp3) is 0.529. The van der Waals surface area contributed by atoms with Crippen molar-refractivity contribution in [1.29, 1.82) is 0 Å². The van der Waals surface area contributed by atoms with Crippen LogP contribution in [0.3, 0.4) is 0 Å². The smallest absolute Gasteiger partial charge is 0.122 e. The number of allylic oxidation sites excluding steroid dienone is 1. The number of hydrogen-bond donors (Lipinski definition) is 1. The van der Waals surface area contributed by atoms with Crippen LogP contribution in [0.1, 0.15) is 25.3 Å². The molecule has 1 rings (SSSR count). The van der Waals surface area contributed by atoms with Gasteiger partial charge in [0, 0.05) is 19.8 Å². The lowest BCUT2D eigenvalue weighted by Gasteiger charge is -2.11. The van der Waals surface area contributed by atoms with Gasteiger partial charge in [0.25, 0.3) is 0 Å². The van der Waals surface area contributed by atoms with Gasteiger partial charge in [0.15, 0.2) is 0 Å². The van der Waals surface area contributed by atoms with Crippen LogP contribution in [0, 0.1) is 0 Å². The van der Waals surface area contributed by atoms with Crippen LogP contribution in [-0.2, 0) is 11.2 Å². The first-order valence-electron chi connectivity index (χ1n) is 7.48.